The third-order valence-corrected chi connectivity index (χ3v) is 2.51. The number of ether oxygens (including phenoxy) is 1. The predicted octanol–water partition coefficient (Wildman–Crippen LogP) is 0.836. The van der Waals surface area contributed by atoms with Crippen molar-refractivity contribution in [3.63, 3.8) is 0 Å². The molecular weight excluding hydrogens is 260 g/mol. The summed E-state index contributed by atoms with van der Waals surface area (Å²) in [7, 11) is 1.46. The molecule has 0 atom stereocenters. The largest absolute Gasteiger partial charge is 0.480 e. The monoisotopic (exact) mass is 272 g/mol. The van der Waals surface area contributed by atoms with Crippen molar-refractivity contribution in [2.45, 2.75) is 0 Å². The molecule has 0 fully saturated rings. The molecule has 2 amide bonds. The van der Waals surface area contributed by atoms with Gasteiger partial charge < -0.3 is 15.8 Å². The number of carbonyl (C=O) groups is 2. The van der Waals surface area contributed by atoms with Crippen molar-refractivity contribution in [1.82, 2.24) is 10.2 Å². The first kappa shape index (κ1) is 13.5. The third kappa shape index (κ3) is 3.08. The lowest BCUT2D eigenvalue weighted by atomic mass is 10.2. The highest BCUT2D eigenvalue weighted by Crippen LogP contribution is 2.11. The number of nitrogens with zero attached hydrogens (tertiary/aromatic N) is 2. The zero-order valence-corrected chi connectivity index (χ0v) is 10.7. The van der Waals surface area contributed by atoms with Crippen LogP contribution in [0.15, 0.2) is 36.4 Å². The van der Waals surface area contributed by atoms with E-state index in [0.717, 1.165) is 0 Å². The molecular formula is C13H12N4O3. The van der Waals surface area contributed by atoms with Gasteiger partial charge in [0.05, 0.1) is 7.11 Å². The number of amides is 2. The van der Waals surface area contributed by atoms with Gasteiger partial charge in [-0.3, -0.25) is 9.59 Å². The summed E-state index contributed by atoms with van der Waals surface area (Å²) in [6, 6.07) is 9.25. The van der Waals surface area contributed by atoms with Gasteiger partial charge in [-0.25, -0.2) is 0 Å². The Morgan fingerprint density at radius 3 is 2.30 bits per heavy atom. The minimum Gasteiger partial charge on any atom is -0.480 e. The molecule has 1 aromatic carbocycles. The summed E-state index contributed by atoms with van der Waals surface area (Å²) in [5.41, 5.74) is 6.18. The molecule has 0 aliphatic heterocycles. The van der Waals surface area contributed by atoms with Crippen LogP contribution in [0, 0.1) is 0 Å². The van der Waals surface area contributed by atoms with E-state index < -0.39 is 11.8 Å². The Hall–Kier alpha value is -2.96. The fourth-order valence-corrected chi connectivity index (χ4v) is 1.46. The number of primary amides is 1. The normalized spacial score (nSPS) is 9.85. The Morgan fingerprint density at radius 2 is 1.80 bits per heavy atom. The van der Waals surface area contributed by atoms with Crippen molar-refractivity contribution >= 4 is 17.5 Å². The van der Waals surface area contributed by atoms with Crippen LogP contribution in [-0.4, -0.2) is 29.1 Å². The van der Waals surface area contributed by atoms with E-state index in [0.29, 0.717) is 17.1 Å². The van der Waals surface area contributed by atoms with Crippen LogP contribution in [-0.2, 0) is 0 Å². The smallest absolute Gasteiger partial charge is 0.276 e. The van der Waals surface area contributed by atoms with Crippen molar-refractivity contribution in [3.8, 4) is 5.88 Å². The van der Waals surface area contributed by atoms with E-state index in [4.69, 9.17) is 10.5 Å². The molecule has 0 unspecified atom stereocenters. The van der Waals surface area contributed by atoms with E-state index in [1.165, 1.54) is 31.4 Å². The van der Waals surface area contributed by atoms with E-state index in [1.54, 1.807) is 12.1 Å². The maximum Gasteiger partial charge on any atom is 0.276 e. The quantitative estimate of drug-likeness (QED) is 0.857. The minimum absolute atomic E-state index is 0.157. The second-order valence-corrected chi connectivity index (χ2v) is 3.86. The average molecular weight is 272 g/mol. The maximum absolute atomic E-state index is 11.9. The Balaban J connectivity index is 2.08. The molecule has 0 saturated carbocycles. The van der Waals surface area contributed by atoms with Gasteiger partial charge in [-0.15, -0.1) is 10.2 Å². The fourth-order valence-electron chi connectivity index (χ4n) is 1.46. The van der Waals surface area contributed by atoms with Crippen molar-refractivity contribution in [3.05, 3.63) is 47.7 Å². The number of nitrogens with one attached hydrogen (secondary N) is 1. The molecule has 0 spiro atoms. The van der Waals surface area contributed by atoms with Crippen molar-refractivity contribution in [1.29, 1.82) is 0 Å². The van der Waals surface area contributed by atoms with Crippen LogP contribution in [0.25, 0.3) is 0 Å². The summed E-state index contributed by atoms with van der Waals surface area (Å²) in [5, 5.41) is 10.1. The van der Waals surface area contributed by atoms with Gasteiger partial charge in [0.25, 0.3) is 5.91 Å². The second kappa shape index (κ2) is 5.79. The molecule has 1 aromatic heterocycles. The first-order valence-corrected chi connectivity index (χ1v) is 5.69. The number of nitrogens with two attached hydrogens (primary N) is 1. The van der Waals surface area contributed by atoms with Gasteiger partial charge in [0.1, 0.15) is 0 Å². The number of carbonyl (C=O) groups excluding carboxylic acids is 2. The maximum atomic E-state index is 11.9. The SMILES string of the molecule is COc1ccc(C(=O)Nc2ccc(C(N)=O)cc2)nn1. The second-order valence-electron chi connectivity index (χ2n) is 3.86. The first-order valence-electron chi connectivity index (χ1n) is 5.69. The van der Waals surface area contributed by atoms with Gasteiger partial charge in [0.2, 0.25) is 11.8 Å². The van der Waals surface area contributed by atoms with Crippen LogP contribution in [0.1, 0.15) is 20.8 Å². The van der Waals surface area contributed by atoms with E-state index in [-0.39, 0.29) is 5.69 Å². The molecule has 1 heterocycles. The van der Waals surface area contributed by atoms with E-state index in [2.05, 4.69) is 15.5 Å². The standard InChI is InChI=1S/C13H12N4O3/c1-20-11-7-6-10(16-17-11)13(19)15-9-4-2-8(3-5-9)12(14)18/h2-7H,1H3,(H2,14,18)(H,15,19). The number of methoxy groups -OCH3 is 1. The van der Waals surface area contributed by atoms with Gasteiger partial charge in [0, 0.05) is 17.3 Å². The van der Waals surface area contributed by atoms with Gasteiger partial charge in [-0.05, 0) is 30.3 Å². The van der Waals surface area contributed by atoms with Crippen LogP contribution in [0.2, 0.25) is 0 Å². The summed E-state index contributed by atoms with van der Waals surface area (Å²) in [5.74, 6) is -0.608. The number of benzene rings is 1. The van der Waals surface area contributed by atoms with Gasteiger partial charge >= 0.3 is 0 Å². The molecule has 0 aliphatic carbocycles. The summed E-state index contributed by atoms with van der Waals surface area (Å²) in [6.45, 7) is 0. The Kier molecular flexibility index (Phi) is 3.90. The average Bonchev–Trinajstić information content (AvgIpc) is 2.48. The Morgan fingerprint density at radius 1 is 1.10 bits per heavy atom. The van der Waals surface area contributed by atoms with E-state index >= 15 is 0 Å². The molecule has 0 saturated heterocycles. The minimum atomic E-state index is -0.524. The summed E-state index contributed by atoms with van der Waals surface area (Å²) in [6.07, 6.45) is 0. The first-order chi connectivity index (χ1) is 9.60. The number of rotatable bonds is 4. The summed E-state index contributed by atoms with van der Waals surface area (Å²) in [4.78, 5) is 22.8. The molecule has 20 heavy (non-hydrogen) atoms. The zero-order chi connectivity index (χ0) is 14.5. The lowest BCUT2D eigenvalue weighted by Crippen LogP contribution is -2.15. The number of anilines is 1. The van der Waals surface area contributed by atoms with Crippen LogP contribution in [0.5, 0.6) is 5.88 Å². The Bertz CT molecular complexity index is 623. The van der Waals surface area contributed by atoms with Crippen LogP contribution < -0.4 is 15.8 Å². The van der Waals surface area contributed by atoms with Gasteiger partial charge in [0.15, 0.2) is 5.69 Å². The molecule has 2 aromatic rings. The molecule has 7 heteroatoms. The summed E-state index contributed by atoms with van der Waals surface area (Å²) < 4.78 is 4.85. The highest BCUT2D eigenvalue weighted by atomic mass is 16.5. The third-order valence-electron chi connectivity index (χ3n) is 2.51. The molecule has 0 radical (unpaired) electrons. The topological polar surface area (TPSA) is 107 Å². The number of aromatic nitrogens is 2. The highest BCUT2D eigenvalue weighted by molar-refractivity contribution is 6.03. The number of hydrogen-bond donors (Lipinski definition) is 2. The zero-order valence-electron chi connectivity index (χ0n) is 10.7. The fraction of sp³-hybridized carbons (Fsp3) is 0.0769. The van der Waals surface area contributed by atoms with Gasteiger partial charge in [-0.1, -0.05) is 0 Å². The van der Waals surface area contributed by atoms with Crippen LogP contribution in [0.4, 0.5) is 5.69 Å². The molecule has 7 nitrogen and oxygen atoms in total. The van der Waals surface area contributed by atoms with E-state index in [9.17, 15) is 9.59 Å². The predicted molar refractivity (Wildman–Crippen MR) is 71.5 cm³/mol. The summed E-state index contributed by atoms with van der Waals surface area (Å²) >= 11 is 0. The van der Waals surface area contributed by atoms with Crippen molar-refractivity contribution < 1.29 is 14.3 Å². The van der Waals surface area contributed by atoms with Crippen LogP contribution >= 0.6 is 0 Å². The van der Waals surface area contributed by atoms with Crippen molar-refractivity contribution in [2.24, 2.45) is 5.73 Å². The lowest BCUT2D eigenvalue weighted by Gasteiger charge is -2.05. The lowest BCUT2D eigenvalue weighted by molar-refractivity contribution is 0.0997. The molecule has 2 rings (SSSR count). The highest BCUT2D eigenvalue weighted by Gasteiger charge is 2.09. The van der Waals surface area contributed by atoms with E-state index in [1.807, 2.05) is 0 Å². The van der Waals surface area contributed by atoms with Crippen LogP contribution in [0.3, 0.4) is 0 Å². The van der Waals surface area contributed by atoms with Crippen molar-refractivity contribution in [2.75, 3.05) is 12.4 Å². The number of hydrogen-bond acceptors (Lipinski definition) is 5. The van der Waals surface area contributed by atoms with Gasteiger partial charge in [-0.2, -0.15) is 0 Å². The molecule has 0 bridgehead atoms. The molecule has 102 valence electrons. The molecule has 0 aliphatic rings. The molecule has 3 N–H and O–H groups in total. The Labute approximate surface area is 114 Å².